The predicted octanol–water partition coefficient (Wildman–Crippen LogP) is 4.73. The van der Waals surface area contributed by atoms with Crippen molar-refractivity contribution in [3.05, 3.63) is 64.4 Å². The summed E-state index contributed by atoms with van der Waals surface area (Å²) in [7, 11) is 0. The molecule has 3 heterocycles. The van der Waals surface area contributed by atoms with E-state index in [-0.39, 0.29) is 0 Å². The summed E-state index contributed by atoms with van der Waals surface area (Å²) in [5.41, 5.74) is 3.49. The van der Waals surface area contributed by atoms with Crippen LogP contribution in [0.5, 0.6) is 5.75 Å². The lowest BCUT2D eigenvalue weighted by atomic mass is 10.0. The third kappa shape index (κ3) is 5.80. The molecule has 2 aromatic carbocycles. The Kier molecular flexibility index (Phi) is 7.74. The molecule has 0 atom stereocenters. The van der Waals surface area contributed by atoms with Crippen LogP contribution in [0.2, 0.25) is 0 Å². The summed E-state index contributed by atoms with van der Waals surface area (Å²) >= 11 is 3.42. The fourth-order valence-electron chi connectivity index (χ4n) is 4.97. The fraction of sp³-hybridized carbons (Fsp3) is 0.370. The van der Waals surface area contributed by atoms with E-state index in [1.54, 1.807) is 10.7 Å². The molecule has 5 rings (SSSR count). The highest BCUT2D eigenvalue weighted by Crippen LogP contribution is 2.29. The van der Waals surface area contributed by atoms with Crippen LogP contribution in [-0.2, 0) is 4.74 Å². The van der Waals surface area contributed by atoms with Gasteiger partial charge in [-0.25, -0.2) is 9.48 Å². The number of anilines is 2. The molecular weight excluding hydrogens is 536 g/mol. The summed E-state index contributed by atoms with van der Waals surface area (Å²) in [6, 6.07) is 16.0. The molecule has 2 saturated heterocycles. The average Bonchev–Trinajstić information content (AvgIpc) is 3.29. The molecule has 10 heteroatoms. The minimum Gasteiger partial charge on any atom is -0.406 e. The summed E-state index contributed by atoms with van der Waals surface area (Å²) in [4.78, 5) is 17.4. The van der Waals surface area contributed by atoms with Gasteiger partial charge in [-0.2, -0.15) is 10.4 Å². The number of carbonyl (C=O) groups is 1. The Morgan fingerprint density at radius 2 is 1.86 bits per heavy atom. The van der Waals surface area contributed by atoms with Crippen LogP contribution in [0, 0.1) is 18.3 Å². The lowest BCUT2D eigenvalue weighted by Gasteiger charge is -2.41. The maximum absolute atomic E-state index is 12.6. The number of piperidine rings is 1. The molecule has 0 aliphatic carbocycles. The van der Waals surface area contributed by atoms with Crippen LogP contribution >= 0.6 is 15.9 Å². The number of hydrogen-bond donors (Lipinski definition) is 1. The third-order valence-electron chi connectivity index (χ3n) is 6.97. The molecule has 1 aromatic heterocycles. The van der Waals surface area contributed by atoms with E-state index in [1.807, 2.05) is 43.3 Å². The van der Waals surface area contributed by atoms with E-state index in [4.69, 9.17) is 9.47 Å². The number of benzene rings is 2. The molecule has 2 aliphatic heterocycles. The van der Waals surface area contributed by atoms with Gasteiger partial charge in [-0.05, 0) is 62.2 Å². The minimum atomic E-state index is -0.638. The number of amides is 1. The Labute approximate surface area is 224 Å². The monoisotopic (exact) mass is 564 g/mol. The molecule has 37 heavy (non-hydrogen) atoms. The summed E-state index contributed by atoms with van der Waals surface area (Å²) in [5, 5.41) is 16.9. The Bertz CT molecular complexity index is 1290. The van der Waals surface area contributed by atoms with Crippen molar-refractivity contribution in [2.24, 2.45) is 0 Å². The topological polar surface area (TPSA) is 95.7 Å². The van der Waals surface area contributed by atoms with Gasteiger partial charge in [0, 0.05) is 42.4 Å². The van der Waals surface area contributed by atoms with Gasteiger partial charge in [0.05, 0.1) is 42.0 Å². The Morgan fingerprint density at radius 1 is 1.14 bits per heavy atom. The molecule has 9 nitrogen and oxygen atoms in total. The van der Waals surface area contributed by atoms with Crippen LogP contribution in [0.25, 0.3) is 5.69 Å². The number of aromatic nitrogens is 2. The molecule has 0 spiro atoms. The Morgan fingerprint density at radius 3 is 2.57 bits per heavy atom. The maximum atomic E-state index is 12.6. The molecule has 1 amide bonds. The molecule has 192 valence electrons. The minimum absolute atomic E-state index is 0.362. The zero-order valence-corrected chi connectivity index (χ0v) is 22.3. The van der Waals surface area contributed by atoms with Crippen LogP contribution in [0.1, 0.15) is 24.1 Å². The van der Waals surface area contributed by atoms with Crippen molar-refractivity contribution >= 4 is 33.4 Å². The molecule has 0 radical (unpaired) electrons. The second-order valence-electron chi connectivity index (χ2n) is 9.21. The number of nitrogens with zero attached hydrogens (tertiary/aromatic N) is 5. The average molecular weight is 565 g/mol. The smallest absolute Gasteiger partial charge is 0.406 e. The lowest BCUT2D eigenvalue weighted by molar-refractivity contribution is 0.0115. The van der Waals surface area contributed by atoms with Crippen LogP contribution in [0.3, 0.4) is 0 Å². The van der Waals surface area contributed by atoms with Crippen LogP contribution in [-0.4, -0.2) is 66.2 Å². The van der Waals surface area contributed by atoms with Gasteiger partial charge in [-0.3, -0.25) is 10.2 Å². The largest absolute Gasteiger partial charge is 0.417 e. The van der Waals surface area contributed by atoms with Crippen molar-refractivity contribution in [3.8, 4) is 17.5 Å². The molecule has 2 fully saturated rings. The molecular formula is C27H29BrN6O3. The highest BCUT2D eigenvalue weighted by molar-refractivity contribution is 9.10. The first kappa shape index (κ1) is 25.3. The lowest BCUT2D eigenvalue weighted by Crippen LogP contribution is -2.49. The normalized spacial score (nSPS) is 16.8. The van der Waals surface area contributed by atoms with E-state index in [0.717, 1.165) is 68.1 Å². The summed E-state index contributed by atoms with van der Waals surface area (Å²) in [6.07, 6.45) is 3.00. The Balaban J connectivity index is 1.20. The third-order valence-corrected chi connectivity index (χ3v) is 7.50. The van der Waals surface area contributed by atoms with E-state index in [1.165, 1.54) is 6.20 Å². The standard InChI is InChI=1S/C27H29BrN6O3/c1-19-26(18-30-34(19)24-5-2-21(28)3-6-24)37-27(35)31-22-4-7-25(20(16-22)17-29)33-10-8-23(9-11-33)32-12-14-36-15-13-32/h2-7,16,18,23H,8-15H2,1H3,(H,31,35). The number of morpholine rings is 1. The number of rotatable bonds is 5. The molecule has 2 aliphatic rings. The van der Waals surface area contributed by atoms with Gasteiger partial charge in [0.25, 0.3) is 0 Å². The molecule has 1 N–H and O–H groups in total. The first-order valence-corrected chi connectivity index (χ1v) is 13.2. The van der Waals surface area contributed by atoms with E-state index in [0.29, 0.717) is 28.7 Å². The molecule has 3 aromatic rings. The first-order chi connectivity index (χ1) is 18.0. The highest BCUT2D eigenvalue weighted by atomic mass is 79.9. The van der Waals surface area contributed by atoms with E-state index in [2.05, 4.69) is 42.2 Å². The summed E-state index contributed by atoms with van der Waals surface area (Å²) in [6.45, 7) is 7.23. The second kappa shape index (κ2) is 11.3. The number of hydrogen-bond acceptors (Lipinski definition) is 7. The number of nitriles is 1. The van der Waals surface area contributed by atoms with Crippen molar-refractivity contribution in [2.75, 3.05) is 49.6 Å². The fourth-order valence-corrected chi connectivity index (χ4v) is 5.24. The molecule has 0 bridgehead atoms. The number of carbonyl (C=O) groups excluding carboxylic acids is 1. The predicted molar refractivity (Wildman–Crippen MR) is 144 cm³/mol. The Hall–Kier alpha value is -3.39. The van der Waals surface area contributed by atoms with Gasteiger partial charge in [-0.15, -0.1) is 0 Å². The second-order valence-corrected chi connectivity index (χ2v) is 10.1. The van der Waals surface area contributed by atoms with Crippen molar-refractivity contribution in [1.82, 2.24) is 14.7 Å². The van der Waals surface area contributed by atoms with Gasteiger partial charge in [0.2, 0.25) is 0 Å². The number of halogens is 1. The van der Waals surface area contributed by atoms with Crippen molar-refractivity contribution in [1.29, 1.82) is 5.26 Å². The van der Waals surface area contributed by atoms with Gasteiger partial charge < -0.3 is 14.4 Å². The van der Waals surface area contributed by atoms with Crippen molar-refractivity contribution in [2.45, 2.75) is 25.8 Å². The highest BCUT2D eigenvalue weighted by Gasteiger charge is 2.27. The molecule has 0 saturated carbocycles. The zero-order chi connectivity index (χ0) is 25.8. The maximum Gasteiger partial charge on any atom is 0.417 e. The van der Waals surface area contributed by atoms with Gasteiger partial charge in [-0.1, -0.05) is 15.9 Å². The quantitative estimate of drug-likeness (QED) is 0.478. The van der Waals surface area contributed by atoms with Gasteiger partial charge in [0.15, 0.2) is 5.75 Å². The number of nitrogens with one attached hydrogen (secondary N) is 1. The van der Waals surface area contributed by atoms with Crippen molar-refractivity contribution in [3.63, 3.8) is 0 Å². The van der Waals surface area contributed by atoms with E-state index in [9.17, 15) is 10.1 Å². The van der Waals surface area contributed by atoms with Crippen LogP contribution in [0.15, 0.2) is 53.1 Å². The molecule has 0 unspecified atom stereocenters. The zero-order valence-electron chi connectivity index (χ0n) is 20.7. The summed E-state index contributed by atoms with van der Waals surface area (Å²) in [5.74, 6) is 0.362. The first-order valence-electron chi connectivity index (χ1n) is 12.4. The van der Waals surface area contributed by atoms with E-state index >= 15 is 0 Å². The van der Waals surface area contributed by atoms with Gasteiger partial charge in [0.1, 0.15) is 6.07 Å². The van der Waals surface area contributed by atoms with Crippen LogP contribution < -0.4 is 15.0 Å². The van der Waals surface area contributed by atoms with Gasteiger partial charge >= 0.3 is 6.09 Å². The number of ether oxygens (including phenoxy) is 2. The van der Waals surface area contributed by atoms with Crippen molar-refractivity contribution < 1.29 is 14.3 Å². The van der Waals surface area contributed by atoms with E-state index < -0.39 is 6.09 Å². The SMILES string of the molecule is Cc1c(OC(=O)Nc2ccc(N3CCC(N4CCOCC4)CC3)c(C#N)c2)cnn1-c1ccc(Br)cc1. The summed E-state index contributed by atoms with van der Waals surface area (Å²) < 4.78 is 13.7. The van der Waals surface area contributed by atoms with Crippen LogP contribution in [0.4, 0.5) is 16.2 Å².